The summed E-state index contributed by atoms with van der Waals surface area (Å²) in [5.41, 5.74) is 4.56. The number of amides is 2. The third kappa shape index (κ3) is 7.23. The van der Waals surface area contributed by atoms with Crippen LogP contribution >= 0.6 is 0 Å². The van der Waals surface area contributed by atoms with Crippen molar-refractivity contribution in [2.75, 3.05) is 72.9 Å². The van der Waals surface area contributed by atoms with Crippen LogP contribution in [0.25, 0.3) is 27.5 Å². The Morgan fingerprint density at radius 3 is 2.51 bits per heavy atom. The Morgan fingerprint density at radius 2 is 1.75 bits per heavy atom. The largest absolute Gasteiger partial charge is 0.480 e. The van der Waals surface area contributed by atoms with Crippen LogP contribution < -0.4 is 36.0 Å². The number of anilines is 5. The zero-order valence-corrected chi connectivity index (χ0v) is 36.2. The third-order valence-corrected chi connectivity index (χ3v) is 14.1. The molecule has 3 saturated heterocycles. The molecule has 1 saturated carbocycles. The first-order valence-corrected chi connectivity index (χ1v) is 22.5. The van der Waals surface area contributed by atoms with Crippen molar-refractivity contribution in [2.45, 2.75) is 56.4 Å². The van der Waals surface area contributed by atoms with Crippen molar-refractivity contribution >= 4 is 68.0 Å². The van der Waals surface area contributed by atoms with E-state index >= 15 is 8.78 Å². The number of imide groups is 1. The molecular formula is C46H49F2N13O4. The van der Waals surface area contributed by atoms with Crippen LogP contribution in [0.4, 0.5) is 37.5 Å². The number of piperidine rings is 2. The summed E-state index contributed by atoms with van der Waals surface area (Å²) in [4.78, 5) is 50.0. The monoisotopic (exact) mass is 885 g/mol. The lowest BCUT2D eigenvalue weighted by Gasteiger charge is -2.40. The number of para-hydroxylation sites is 1. The highest BCUT2D eigenvalue weighted by atomic mass is 19.3. The number of carbonyl (C=O) groups excluding carboxylic acids is 2. The van der Waals surface area contributed by atoms with Crippen molar-refractivity contribution in [3.63, 3.8) is 0 Å². The summed E-state index contributed by atoms with van der Waals surface area (Å²) in [5, 5.41) is 29.8. The van der Waals surface area contributed by atoms with Crippen LogP contribution in [0, 0.1) is 23.2 Å². The summed E-state index contributed by atoms with van der Waals surface area (Å²) >= 11 is 0. The van der Waals surface area contributed by atoms with Gasteiger partial charge >= 0.3 is 5.92 Å². The molecule has 0 radical (unpaired) electrons. The molecule has 2 amide bonds. The number of halogens is 2. The highest BCUT2D eigenvalue weighted by molar-refractivity contribution is 6.04. The van der Waals surface area contributed by atoms with E-state index in [-0.39, 0.29) is 29.2 Å². The zero-order valence-electron chi connectivity index (χ0n) is 36.2. The molecule has 2 aromatic carbocycles. The predicted molar refractivity (Wildman–Crippen MR) is 240 cm³/mol. The Labute approximate surface area is 371 Å². The van der Waals surface area contributed by atoms with E-state index in [0.29, 0.717) is 71.0 Å². The van der Waals surface area contributed by atoms with Gasteiger partial charge in [0.25, 0.3) is 5.56 Å². The smallest absolute Gasteiger partial charge is 0.301 e. The second-order valence-electron chi connectivity index (χ2n) is 18.2. The average Bonchev–Trinajstić information content (AvgIpc) is 3.99. The lowest BCUT2D eigenvalue weighted by molar-refractivity contribution is -0.134. The maximum Gasteiger partial charge on any atom is 0.301 e. The first-order chi connectivity index (χ1) is 31.4. The van der Waals surface area contributed by atoms with Gasteiger partial charge in [-0.05, 0) is 68.2 Å². The minimum Gasteiger partial charge on any atom is -0.480 e. The number of benzene rings is 2. The number of piperazine rings is 1. The van der Waals surface area contributed by atoms with Crippen molar-refractivity contribution in [3.8, 4) is 11.8 Å². The lowest BCUT2D eigenvalue weighted by Crippen LogP contribution is -2.49. The third-order valence-electron chi connectivity index (χ3n) is 14.1. The molecule has 5 aliphatic rings. The van der Waals surface area contributed by atoms with Crippen molar-refractivity contribution in [1.82, 2.24) is 39.2 Å². The van der Waals surface area contributed by atoms with E-state index in [1.807, 2.05) is 42.1 Å². The van der Waals surface area contributed by atoms with Crippen LogP contribution in [0.5, 0.6) is 5.75 Å². The first-order valence-electron chi connectivity index (χ1n) is 22.5. The highest BCUT2D eigenvalue weighted by Crippen LogP contribution is 2.46. The van der Waals surface area contributed by atoms with E-state index in [1.54, 1.807) is 17.6 Å². The number of hydrogen-bond donors (Lipinski definition) is 3. The van der Waals surface area contributed by atoms with Crippen LogP contribution in [-0.2, 0) is 23.7 Å². The molecule has 0 spiro atoms. The molecule has 4 fully saturated rings. The molecule has 4 aromatic heterocycles. The molecule has 4 aliphatic heterocycles. The molecular weight excluding hydrogens is 837 g/mol. The van der Waals surface area contributed by atoms with E-state index in [0.717, 1.165) is 80.9 Å². The number of carbonyl (C=O) groups is 2. The van der Waals surface area contributed by atoms with Gasteiger partial charge in [0.05, 0.1) is 46.3 Å². The van der Waals surface area contributed by atoms with Gasteiger partial charge in [-0.1, -0.05) is 12.1 Å². The molecule has 3 N–H and O–H groups in total. The SMILES string of the molecule is Cn1nc(C2CCC(=O)NC2=O)c2cccc(N3CCC(CN4CCN(c5cc(Nc6ccc7c(c6)c6c(c(=O)n7C)OCC(F)(F)C(C7CC7)N6)n6ncc(C#N)c6n5)CC4)CC3)c21. The van der Waals surface area contributed by atoms with Crippen LogP contribution in [0.15, 0.2) is 53.5 Å². The van der Waals surface area contributed by atoms with E-state index in [4.69, 9.17) is 14.8 Å². The molecule has 19 heteroatoms. The Hall–Kier alpha value is -6.81. The highest BCUT2D eigenvalue weighted by Gasteiger charge is 2.51. The maximum absolute atomic E-state index is 15.3. The number of ether oxygens (including phenoxy) is 1. The number of hydrogen-bond acceptors (Lipinski definition) is 13. The second kappa shape index (κ2) is 15.7. The predicted octanol–water partition coefficient (Wildman–Crippen LogP) is 4.86. The van der Waals surface area contributed by atoms with Gasteiger partial charge in [0, 0.05) is 88.9 Å². The van der Waals surface area contributed by atoms with Gasteiger partial charge in [0.15, 0.2) is 12.3 Å². The van der Waals surface area contributed by atoms with Gasteiger partial charge in [0.1, 0.15) is 23.3 Å². The molecule has 1 aliphatic carbocycles. The van der Waals surface area contributed by atoms with Gasteiger partial charge in [-0.3, -0.25) is 29.3 Å². The molecule has 336 valence electrons. The average molecular weight is 886 g/mol. The van der Waals surface area contributed by atoms with E-state index < -0.39 is 30.0 Å². The topological polar surface area (TPSA) is 183 Å². The van der Waals surface area contributed by atoms with Crippen LogP contribution in [0.1, 0.15) is 55.7 Å². The fourth-order valence-electron chi connectivity index (χ4n) is 10.4. The fraction of sp³-hybridized carbons (Fsp3) is 0.457. The van der Waals surface area contributed by atoms with Crippen LogP contribution in [-0.4, -0.2) is 110 Å². The van der Waals surface area contributed by atoms with Crippen LogP contribution in [0.2, 0.25) is 0 Å². The van der Waals surface area contributed by atoms with Crippen LogP contribution in [0.3, 0.4) is 0 Å². The number of nitriles is 1. The molecule has 65 heavy (non-hydrogen) atoms. The summed E-state index contributed by atoms with van der Waals surface area (Å²) in [6.45, 7) is 5.12. The summed E-state index contributed by atoms with van der Waals surface area (Å²) in [6.07, 6.45) is 5.73. The van der Waals surface area contributed by atoms with Crippen molar-refractivity contribution in [3.05, 3.63) is 70.3 Å². The second-order valence-corrected chi connectivity index (χ2v) is 18.2. The quantitative estimate of drug-likeness (QED) is 0.177. The van der Waals surface area contributed by atoms with E-state index in [9.17, 15) is 19.6 Å². The maximum atomic E-state index is 15.3. The number of alkyl halides is 2. The number of nitrogens with one attached hydrogen (secondary N) is 3. The Bertz CT molecular complexity index is 3010. The van der Waals surface area contributed by atoms with Crippen molar-refractivity contribution < 1.29 is 23.1 Å². The van der Waals surface area contributed by atoms with Gasteiger partial charge in [-0.2, -0.15) is 20.0 Å². The lowest BCUT2D eigenvalue weighted by atomic mass is 9.92. The minimum absolute atomic E-state index is 0.119. The van der Waals surface area contributed by atoms with E-state index in [2.05, 4.69) is 47.9 Å². The number of rotatable bonds is 8. The Balaban J connectivity index is 0.778. The number of aryl methyl sites for hydroxylation is 2. The van der Waals surface area contributed by atoms with Crippen molar-refractivity contribution in [1.29, 1.82) is 5.26 Å². The summed E-state index contributed by atoms with van der Waals surface area (Å²) in [6, 6.07) is 14.6. The summed E-state index contributed by atoms with van der Waals surface area (Å²) < 4.78 is 41.0. The van der Waals surface area contributed by atoms with Gasteiger partial charge < -0.3 is 29.7 Å². The molecule has 8 heterocycles. The summed E-state index contributed by atoms with van der Waals surface area (Å²) in [7, 11) is 3.53. The molecule has 17 nitrogen and oxygen atoms in total. The molecule has 0 bridgehead atoms. The van der Waals surface area contributed by atoms with E-state index in [1.165, 1.54) is 10.8 Å². The van der Waals surface area contributed by atoms with Crippen molar-refractivity contribution in [2.24, 2.45) is 25.9 Å². The molecule has 6 aromatic rings. The Kier molecular flexibility index (Phi) is 9.90. The first kappa shape index (κ1) is 40.9. The number of aromatic nitrogens is 6. The molecule has 2 atom stereocenters. The molecule has 2 unspecified atom stereocenters. The zero-order chi connectivity index (χ0) is 44.7. The standard InChI is InChI=1S/C46H49F2N13O4/c1-56-33-10-8-29(20-32(33)39-41(45(56)64)65-25-46(47,48)42(54-39)27-6-7-27)51-36-21-35(52-43-28(22-49)23-50-61(36)43)60-18-16-58(17-19-60)24-26-12-14-59(15-13-26)34-5-3-4-30-38(55-57(2)40(30)34)31-9-11-37(62)53-44(31)63/h3-5,8,10,20-21,23,26-27,31,42,51,54H,6-7,9,11-19,24-25H2,1-2H3,(H,53,62,63). The fourth-order valence-corrected chi connectivity index (χ4v) is 10.4. The summed E-state index contributed by atoms with van der Waals surface area (Å²) in [5.74, 6) is -2.63. The Morgan fingerprint density at radius 1 is 0.954 bits per heavy atom. The minimum atomic E-state index is -3.15. The van der Waals surface area contributed by atoms with Gasteiger partial charge in [0.2, 0.25) is 17.6 Å². The number of pyridine rings is 1. The number of fused-ring (bicyclic) bond motifs is 5. The molecule has 11 rings (SSSR count). The van der Waals surface area contributed by atoms with Gasteiger partial charge in [-0.25, -0.2) is 13.8 Å². The normalized spacial score (nSPS) is 21.8. The van der Waals surface area contributed by atoms with Gasteiger partial charge in [-0.15, -0.1) is 0 Å². The number of nitrogens with zero attached hydrogens (tertiary/aromatic N) is 10.